The summed E-state index contributed by atoms with van der Waals surface area (Å²) < 4.78 is 5.16. The van der Waals surface area contributed by atoms with Crippen molar-refractivity contribution in [1.29, 1.82) is 0 Å². The molecule has 2 rings (SSSR count). The molecule has 1 fully saturated rings. The van der Waals surface area contributed by atoms with Crippen LogP contribution in [0.2, 0.25) is 0 Å². The molecule has 1 aliphatic rings. The van der Waals surface area contributed by atoms with Crippen molar-refractivity contribution in [2.45, 2.75) is 25.8 Å². The summed E-state index contributed by atoms with van der Waals surface area (Å²) in [6.45, 7) is 5.65. The van der Waals surface area contributed by atoms with Crippen LogP contribution in [0.25, 0.3) is 0 Å². The van der Waals surface area contributed by atoms with Gasteiger partial charge in [0.2, 0.25) is 0 Å². The maximum atomic E-state index is 6.28. The second kappa shape index (κ2) is 6.21. The Morgan fingerprint density at radius 1 is 1.39 bits per heavy atom. The summed E-state index contributed by atoms with van der Waals surface area (Å²) in [6.07, 6.45) is 2.66. The van der Waals surface area contributed by atoms with E-state index < -0.39 is 0 Å². The van der Waals surface area contributed by atoms with E-state index in [0.717, 1.165) is 18.2 Å². The van der Waals surface area contributed by atoms with E-state index in [1.807, 2.05) is 12.1 Å². The Kier molecular flexibility index (Phi) is 4.61. The van der Waals surface area contributed by atoms with Gasteiger partial charge in [-0.25, -0.2) is 0 Å². The van der Waals surface area contributed by atoms with Crippen LogP contribution in [-0.4, -0.2) is 31.6 Å². The molecule has 100 valence electrons. The minimum atomic E-state index is 0.0983. The summed E-state index contributed by atoms with van der Waals surface area (Å²) in [5.41, 5.74) is 7.47. The Morgan fingerprint density at radius 2 is 2.11 bits per heavy atom. The molecule has 1 heterocycles. The standard InChI is InChI=1S/C15H24N2O/c1-12-4-3-9-17(10-12)11-15(16)13-5-7-14(18-2)8-6-13/h5-8,12,15H,3-4,9-11,16H2,1-2H3. The number of benzene rings is 1. The number of nitrogens with two attached hydrogens (primary N) is 1. The molecule has 1 saturated heterocycles. The van der Waals surface area contributed by atoms with Gasteiger partial charge in [0.05, 0.1) is 7.11 Å². The molecule has 18 heavy (non-hydrogen) atoms. The van der Waals surface area contributed by atoms with Crippen LogP contribution in [-0.2, 0) is 0 Å². The molecule has 2 atom stereocenters. The fourth-order valence-corrected chi connectivity index (χ4v) is 2.69. The third-order valence-electron chi connectivity index (χ3n) is 3.74. The number of hydrogen-bond donors (Lipinski definition) is 1. The first-order valence-corrected chi connectivity index (χ1v) is 6.81. The van der Waals surface area contributed by atoms with Crippen LogP contribution >= 0.6 is 0 Å². The lowest BCUT2D eigenvalue weighted by atomic mass is 9.99. The van der Waals surface area contributed by atoms with Crippen LogP contribution in [0.1, 0.15) is 31.4 Å². The van der Waals surface area contributed by atoms with Gasteiger partial charge in [-0.05, 0) is 43.0 Å². The second-order valence-electron chi connectivity index (χ2n) is 5.39. The quantitative estimate of drug-likeness (QED) is 0.889. The molecule has 0 saturated carbocycles. The molecule has 0 radical (unpaired) electrons. The van der Waals surface area contributed by atoms with E-state index in [2.05, 4.69) is 24.0 Å². The monoisotopic (exact) mass is 248 g/mol. The molecule has 2 unspecified atom stereocenters. The Hall–Kier alpha value is -1.06. The predicted molar refractivity (Wildman–Crippen MR) is 74.8 cm³/mol. The highest BCUT2D eigenvalue weighted by atomic mass is 16.5. The number of methoxy groups -OCH3 is 1. The minimum absolute atomic E-state index is 0.0983. The number of nitrogens with zero attached hydrogens (tertiary/aromatic N) is 1. The zero-order chi connectivity index (χ0) is 13.0. The molecule has 0 aliphatic carbocycles. The van der Waals surface area contributed by atoms with E-state index in [9.17, 15) is 0 Å². The number of rotatable bonds is 4. The lowest BCUT2D eigenvalue weighted by molar-refractivity contribution is 0.174. The van der Waals surface area contributed by atoms with Crippen molar-refractivity contribution < 1.29 is 4.74 Å². The molecule has 1 aromatic carbocycles. The molecular formula is C15H24N2O. The van der Waals surface area contributed by atoms with Gasteiger partial charge in [-0.3, -0.25) is 0 Å². The SMILES string of the molecule is COc1ccc(C(N)CN2CCCC(C)C2)cc1. The van der Waals surface area contributed by atoms with Gasteiger partial charge < -0.3 is 15.4 Å². The van der Waals surface area contributed by atoms with E-state index in [4.69, 9.17) is 10.5 Å². The molecule has 2 N–H and O–H groups in total. The average molecular weight is 248 g/mol. The van der Waals surface area contributed by atoms with Crippen LogP contribution < -0.4 is 10.5 Å². The van der Waals surface area contributed by atoms with E-state index in [1.165, 1.54) is 31.5 Å². The highest BCUT2D eigenvalue weighted by Crippen LogP contribution is 2.20. The summed E-state index contributed by atoms with van der Waals surface area (Å²) in [6, 6.07) is 8.19. The third kappa shape index (κ3) is 3.47. The van der Waals surface area contributed by atoms with Crippen molar-refractivity contribution >= 4 is 0 Å². The summed E-state index contributed by atoms with van der Waals surface area (Å²) >= 11 is 0. The van der Waals surface area contributed by atoms with E-state index in [0.29, 0.717) is 0 Å². The van der Waals surface area contributed by atoms with Crippen LogP contribution in [0.4, 0.5) is 0 Å². The fourth-order valence-electron chi connectivity index (χ4n) is 2.69. The average Bonchev–Trinajstić information content (AvgIpc) is 2.39. The van der Waals surface area contributed by atoms with Gasteiger partial charge in [0.15, 0.2) is 0 Å². The van der Waals surface area contributed by atoms with Crippen molar-refractivity contribution in [2.24, 2.45) is 11.7 Å². The first-order valence-electron chi connectivity index (χ1n) is 6.81. The van der Waals surface area contributed by atoms with Crippen molar-refractivity contribution in [3.05, 3.63) is 29.8 Å². The fraction of sp³-hybridized carbons (Fsp3) is 0.600. The molecule has 0 aromatic heterocycles. The maximum Gasteiger partial charge on any atom is 0.118 e. The molecule has 0 bridgehead atoms. The zero-order valence-electron chi connectivity index (χ0n) is 11.4. The highest BCUT2D eigenvalue weighted by molar-refractivity contribution is 5.29. The Morgan fingerprint density at radius 3 is 2.72 bits per heavy atom. The van der Waals surface area contributed by atoms with Crippen molar-refractivity contribution in [2.75, 3.05) is 26.7 Å². The Bertz CT molecular complexity index is 363. The predicted octanol–water partition coefficient (Wildman–Crippen LogP) is 2.43. The smallest absolute Gasteiger partial charge is 0.118 e. The topological polar surface area (TPSA) is 38.5 Å². The molecule has 3 nitrogen and oxygen atoms in total. The van der Waals surface area contributed by atoms with Crippen molar-refractivity contribution in [1.82, 2.24) is 4.90 Å². The van der Waals surface area contributed by atoms with E-state index >= 15 is 0 Å². The molecular weight excluding hydrogens is 224 g/mol. The number of ether oxygens (including phenoxy) is 1. The number of hydrogen-bond acceptors (Lipinski definition) is 3. The van der Waals surface area contributed by atoms with Gasteiger partial charge in [0.1, 0.15) is 5.75 Å². The lowest BCUT2D eigenvalue weighted by Gasteiger charge is -2.32. The largest absolute Gasteiger partial charge is 0.497 e. The molecule has 1 aromatic rings. The van der Waals surface area contributed by atoms with Crippen molar-refractivity contribution in [3.63, 3.8) is 0 Å². The highest BCUT2D eigenvalue weighted by Gasteiger charge is 2.18. The van der Waals surface area contributed by atoms with Gasteiger partial charge >= 0.3 is 0 Å². The number of piperidine rings is 1. The van der Waals surface area contributed by atoms with Gasteiger partial charge in [-0.2, -0.15) is 0 Å². The molecule has 1 aliphatic heterocycles. The normalized spacial score (nSPS) is 22.7. The van der Waals surface area contributed by atoms with Gasteiger partial charge in [-0.1, -0.05) is 19.1 Å². The van der Waals surface area contributed by atoms with Gasteiger partial charge in [0.25, 0.3) is 0 Å². The van der Waals surface area contributed by atoms with Crippen LogP contribution in [0.5, 0.6) is 5.75 Å². The first-order chi connectivity index (χ1) is 8.69. The number of likely N-dealkylation sites (tertiary alicyclic amines) is 1. The van der Waals surface area contributed by atoms with Crippen LogP contribution in [0.15, 0.2) is 24.3 Å². The van der Waals surface area contributed by atoms with Gasteiger partial charge in [0, 0.05) is 19.1 Å². The minimum Gasteiger partial charge on any atom is -0.497 e. The Balaban J connectivity index is 1.91. The van der Waals surface area contributed by atoms with Crippen LogP contribution in [0.3, 0.4) is 0 Å². The van der Waals surface area contributed by atoms with Gasteiger partial charge in [-0.15, -0.1) is 0 Å². The Labute approximate surface area is 110 Å². The van der Waals surface area contributed by atoms with E-state index in [-0.39, 0.29) is 6.04 Å². The summed E-state index contributed by atoms with van der Waals surface area (Å²) in [5.74, 6) is 1.69. The molecule has 3 heteroatoms. The van der Waals surface area contributed by atoms with Crippen molar-refractivity contribution in [3.8, 4) is 5.75 Å². The summed E-state index contributed by atoms with van der Waals surface area (Å²) in [7, 11) is 1.68. The lowest BCUT2D eigenvalue weighted by Crippen LogP contribution is -2.39. The summed E-state index contributed by atoms with van der Waals surface area (Å²) in [5, 5.41) is 0. The zero-order valence-corrected chi connectivity index (χ0v) is 11.4. The van der Waals surface area contributed by atoms with E-state index in [1.54, 1.807) is 7.11 Å². The molecule has 0 spiro atoms. The van der Waals surface area contributed by atoms with Crippen LogP contribution in [0, 0.1) is 5.92 Å². The summed E-state index contributed by atoms with van der Waals surface area (Å²) in [4.78, 5) is 2.49. The third-order valence-corrected chi connectivity index (χ3v) is 3.74. The second-order valence-corrected chi connectivity index (χ2v) is 5.39. The maximum absolute atomic E-state index is 6.28. The first kappa shape index (κ1) is 13.4. The molecule has 0 amide bonds.